The van der Waals surface area contributed by atoms with Crippen molar-refractivity contribution in [2.75, 3.05) is 13.2 Å². The van der Waals surface area contributed by atoms with E-state index in [9.17, 15) is 14.4 Å². The summed E-state index contributed by atoms with van der Waals surface area (Å²) in [6.07, 6.45) is 93.6. The van der Waals surface area contributed by atoms with Crippen LogP contribution in [0.15, 0.2) is 72.9 Å². The van der Waals surface area contributed by atoms with E-state index in [1.807, 2.05) is 0 Å². The Balaban J connectivity index is 4.35. The number of hydrogen-bond donors (Lipinski definition) is 0. The Labute approximate surface area is 516 Å². The molecular weight excluding hydrogens is 1020 g/mol. The maximum absolute atomic E-state index is 13.0. The zero-order valence-electron chi connectivity index (χ0n) is 55.5. The average molecular weight is 1160 g/mol. The van der Waals surface area contributed by atoms with E-state index in [1.54, 1.807) is 0 Å². The molecule has 0 heterocycles. The van der Waals surface area contributed by atoms with Crippen LogP contribution in [0, 0.1) is 0 Å². The number of unbranched alkanes of at least 4 members (excludes halogenated alkanes) is 44. The van der Waals surface area contributed by atoms with Gasteiger partial charge in [0.05, 0.1) is 0 Å². The molecule has 0 saturated carbocycles. The lowest BCUT2D eigenvalue weighted by Crippen LogP contribution is -2.30. The zero-order valence-corrected chi connectivity index (χ0v) is 55.5. The van der Waals surface area contributed by atoms with Crippen molar-refractivity contribution in [3.63, 3.8) is 0 Å². The first-order chi connectivity index (χ1) is 41.0. The number of hydrogen-bond acceptors (Lipinski definition) is 6. The van der Waals surface area contributed by atoms with E-state index in [4.69, 9.17) is 14.2 Å². The topological polar surface area (TPSA) is 78.9 Å². The Morgan fingerprint density at radius 1 is 0.253 bits per heavy atom. The third-order valence-electron chi connectivity index (χ3n) is 16.2. The smallest absolute Gasteiger partial charge is 0.306 e. The van der Waals surface area contributed by atoms with Gasteiger partial charge in [-0.2, -0.15) is 0 Å². The molecule has 0 aliphatic heterocycles. The summed E-state index contributed by atoms with van der Waals surface area (Å²) >= 11 is 0. The highest BCUT2D eigenvalue weighted by Crippen LogP contribution is 2.18. The summed E-state index contributed by atoms with van der Waals surface area (Å²) in [5.74, 6) is -0.869. The minimum absolute atomic E-state index is 0.0776. The van der Waals surface area contributed by atoms with E-state index in [0.717, 1.165) is 96.3 Å². The SMILES string of the molecule is CC/C=C\C/C=C\C/C=C\C/C=C\CCCCCCCCC(=O)OCC(COC(=O)CCCCCCCCCCCCC/C=C\C/C=C\CCCCCCC)OC(=O)CCCCCCCCCCCCCCCCCCCCCCCCC. The maximum Gasteiger partial charge on any atom is 0.306 e. The van der Waals surface area contributed by atoms with Crippen molar-refractivity contribution < 1.29 is 28.6 Å². The summed E-state index contributed by atoms with van der Waals surface area (Å²) in [5, 5.41) is 0. The minimum atomic E-state index is -0.783. The van der Waals surface area contributed by atoms with Crippen LogP contribution in [-0.2, 0) is 28.6 Å². The lowest BCUT2D eigenvalue weighted by molar-refractivity contribution is -0.167. The monoisotopic (exact) mass is 1160 g/mol. The molecule has 0 radical (unpaired) electrons. The van der Waals surface area contributed by atoms with Gasteiger partial charge in [-0.1, -0.05) is 344 Å². The first-order valence-corrected chi connectivity index (χ1v) is 36.4. The predicted molar refractivity (Wildman–Crippen MR) is 362 cm³/mol. The second-order valence-electron chi connectivity index (χ2n) is 24.5. The van der Waals surface area contributed by atoms with Gasteiger partial charge in [0.15, 0.2) is 6.10 Å². The highest BCUT2D eigenvalue weighted by atomic mass is 16.6. The van der Waals surface area contributed by atoms with E-state index in [-0.39, 0.29) is 31.1 Å². The second-order valence-corrected chi connectivity index (χ2v) is 24.5. The van der Waals surface area contributed by atoms with Gasteiger partial charge >= 0.3 is 17.9 Å². The van der Waals surface area contributed by atoms with Crippen molar-refractivity contribution in [2.24, 2.45) is 0 Å². The van der Waals surface area contributed by atoms with E-state index in [0.29, 0.717) is 19.3 Å². The van der Waals surface area contributed by atoms with Gasteiger partial charge in [0, 0.05) is 19.3 Å². The molecule has 0 rings (SSSR count). The third kappa shape index (κ3) is 69.5. The van der Waals surface area contributed by atoms with Crippen molar-refractivity contribution in [2.45, 2.75) is 386 Å². The first kappa shape index (κ1) is 79.8. The molecule has 0 aliphatic rings. The largest absolute Gasteiger partial charge is 0.462 e. The highest BCUT2D eigenvalue weighted by molar-refractivity contribution is 5.71. The van der Waals surface area contributed by atoms with E-state index in [1.165, 1.54) is 244 Å². The molecule has 482 valence electrons. The summed E-state index contributed by atoms with van der Waals surface area (Å²) in [4.78, 5) is 38.5. The van der Waals surface area contributed by atoms with Crippen LogP contribution in [0.25, 0.3) is 0 Å². The van der Waals surface area contributed by atoms with Gasteiger partial charge in [-0.15, -0.1) is 0 Å². The number of allylic oxidation sites excluding steroid dienone is 12. The van der Waals surface area contributed by atoms with Crippen LogP contribution in [0.4, 0.5) is 0 Å². The van der Waals surface area contributed by atoms with Crippen molar-refractivity contribution in [3.8, 4) is 0 Å². The Kier molecular flexibility index (Phi) is 68.6. The molecule has 83 heavy (non-hydrogen) atoms. The molecule has 0 aromatic rings. The van der Waals surface area contributed by atoms with Crippen molar-refractivity contribution in [1.82, 2.24) is 0 Å². The summed E-state index contributed by atoms with van der Waals surface area (Å²) < 4.78 is 17.0. The average Bonchev–Trinajstić information content (AvgIpc) is 3.49. The fourth-order valence-corrected chi connectivity index (χ4v) is 10.8. The summed E-state index contributed by atoms with van der Waals surface area (Å²) in [5.41, 5.74) is 0. The van der Waals surface area contributed by atoms with Gasteiger partial charge < -0.3 is 14.2 Å². The van der Waals surface area contributed by atoms with Crippen LogP contribution >= 0.6 is 0 Å². The van der Waals surface area contributed by atoms with Crippen LogP contribution in [-0.4, -0.2) is 37.2 Å². The van der Waals surface area contributed by atoms with E-state index >= 15 is 0 Å². The Bertz CT molecular complexity index is 1520. The maximum atomic E-state index is 13.0. The Hall–Kier alpha value is -3.15. The molecule has 0 aliphatic carbocycles. The number of carbonyl (C=O) groups excluding carboxylic acids is 3. The zero-order chi connectivity index (χ0) is 59.9. The molecule has 0 aromatic heterocycles. The Morgan fingerprint density at radius 2 is 0.470 bits per heavy atom. The number of rotatable bonds is 67. The molecule has 6 heteroatoms. The molecular formula is C77H138O6. The van der Waals surface area contributed by atoms with Crippen LogP contribution in [0.2, 0.25) is 0 Å². The van der Waals surface area contributed by atoms with E-state index < -0.39 is 6.10 Å². The lowest BCUT2D eigenvalue weighted by Gasteiger charge is -2.18. The molecule has 0 aromatic carbocycles. The van der Waals surface area contributed by atoms with Gasteiger partial charge in [-0.3, -0.25) is 14.4 Å². The quantitative estimate of drug-likeness (QED) is 0.0261. The van der Waals surface area contributed by atoms with Crippen LogP contribution in [0.3, 0.4) is 0 Å². The minimum Gasteiger partial charge on any atom is -0.462 e. The normalized spacial score (nSPS) is 12.5. The standard InChI is InChI=1S/C77H138O6/c1-4-7-10-13-16-19-22-25-28-31-34-36-38-40-43-46-49-52-55-58-61-64-67-70-76(79)82-73-74(72-81-75(78)69-66-63-60-57-54-51-48-45-42-33-30-27-24-21-18-15-12-9-6-3)83-77(80)71-68-65-62-59-56-53-50-47-44-41-39-37-35-32-29-26-23-20-17-14-11-8-5-2/h9,12,18,21-22,25,27,30-31,34,42,45,74H,4-8,10-11,13-17,19-20,23-24,26,28-29,32-33,35-41,43-44,46-73H2,1-3H3/b12-9-,21-18-,25-22-,30-27-,34-31-,45-42-. The second kappa shape index (κ2) is 71.3. The Morgan fingerprint density at radius 3 is 0.735 bits per heavy atom. The molecule has 0 saturated heterocycles. The van der Waals surface area contributed by atoms with E-state index in [2.05, 4.69) is 93.7 Å². The summed E-state index contributed by atoms with van der Waals surface area (Å²) in [6, 6.07) is 0. The van der Waals surface area contributed by atoms with Crippen LogP contribution in [0.5, 0.6) is 0 Å². The van der Waals surface area contributed by atoms with Crippen molar-refractivity contribution in [3.05, 3.63) is 72.9 Å². The number of ether oxygens (including phenoxy) is 3. The fourth-order valence-electron chi connectivity index (χ4n) is 10.8. The number of esters is 3. The van der Waals surface area contributed by atoms with Crippen molar-refractivity contribution >= 4 is 17.9 Å². The highest BCUT2D eigenvalue weighted by Gasteiger charge is 2.19. The molecule has 1 atom stereocenters. The molecule has 0 spiro atoms. The molecule has 0 amide bonds. The molecule has 0 fully saturated rings. The van der Waals surface area contributed by atoms with Gasteiger partial charge in [-0.05, 0) is 89.9 Å². The first-order valence-electron chi connectivity index (χ1n) is 36.4. The molecule has 1 unspecified atom stereocenters. The molecule has 6 nitrogen and oxygen atoms in total. The molecule has 0 bridgehead atoms. The molecule has 0 N–H and O–H groups in total. The number of carbonyl (C=O) groups is 3. The predicted octanol–water partition coefficient (Wildman–Crippen LogP) is 25.2. The summed E-state index contributed by atoms with van der Waals surface area (Å²) in [7, 11) is 0. The lowest BCUT2D eigenvalue weighted by atomic mass is 10.0. The fraction of sp³-hybridized carbons (Fsp3) is 0.805. The van der Waals surface area contributed by atoms with Gasteiger partial charge in [-0.25, -0.2) is 0 Å². The van der Waals surface area contributed by atoms with Gasteiger partial charge in [0.2, 0.25) is 0 Å². The van der Waals surface area contributed by atoms with Crippen LogP contribution in [0.1, 0.15) is 380 Å². The third-order valence-corrected chi connectivity index (χ3v) is 16.2. The summed E-state index contributed by atoms with van der Waals surface area (Å²) in [6.45, 7) is 6.57. The van der Waals surface area contributed by atoms with Gasteiger partial charge in [0.1, 0.15) is 13.2 Å². The van der Waals surface area contributed by atoms with Crippen molar-refractivity contribution in [1.29, 1.82) is 0 Å². The van der Waals surface area contributed by atoms with Crippen LogP contribution < -0.4 is 0 Å². The van der Waals surface area contributed by atoms with Gasteiger partial charge in [0.25, 0.3) is 0 Å².